The van der Waals surface area contributed by atoms with Crippen LogP contribution >= 0.6 is 23.2 Å². The number of carbonyl (C=O) groups is 1. The van der Waals surface area contributed by atoms with Crippen molar-refractivity contribution >= 4 is 41.0 Å². The van der Waals surface area contributed by atoms with Crippen LogP contribution in [0.3, 0.4) is 0 Å². The molecule has 0 unspecified atom stereocenters. The highest BCUT2D eigenvalue weighted by Gasteiger charge is 2.23. The van der Waals surface area contributed by atoms with E-state index in [1.54, 1.807) is 30.4 Å². The van der Waals surface area contributed by atoms with Gasteiger partial charge in [-0.05, 0) is 49.8 Å². The maximum absolute atomic E-state index is 12.2. The molecule has 3 rings (SSSR count). The summed E-state index contributed by atoms with van der Waals surface area (Å²) >= 11 is 12.3. The number of cyclic esters (lactones) is 1. The Bertz CT molecular complexity index is 843. The molecule has 116 valence electrons. The van der Waals surface area contributed by atoms with Gasteiger partial charge in [-0.1, -0.05) is 47.0 Å². The zero-order valence-corrected chi connectivity index (χ0v) is 14.2. The molecule has 2 aromatic carbocycles. The van der Waals surface area contributed by atoms with Crippen molar-refractivity contribution in [3.63, 3.8) is 0 Å². The van der Waals surface area contributed by atoms with Gasteiger partial charge in [0.15, 0.2) is 0 Å². The first-order chi connectivity index (χ1) is 11.0. The van der Waals surface area contributed by atoms with Crippen LogP contribution < -0.4 is 0 Å². The van der Waals surface area contributed by atoms with Crippen LogP contribution in [0, 0.1) is 13.8 Å². The number of ether oxygens (including phenoxy) is 1. The van der Waals surface area contributed by atoms with E-state index in [0.29, 0.717) is 26.9 Å². The van der Waals surface area contributed by atoms with E-state index in [1.807, 2.05) is 32.0 Å². The lowest BCUT2D eigenvalue weighted by Crippen LogP contribution is -1.98. The lowest BCUT2D eigenvalue weighted by molar-refractivity contribution is -0.130. The van der Waals surface area contributed by atoms with Crippen molar-refractivity contribution in [1.29, 1.82) is 0 Å². The van der Waals surface area contributed by atoms with Crippen molar-refractivity contribution in [3.8, 4) is 0 Å². The van der Waals surface area contributed by atoms with Crippen molar-refractivity contribution in [2.75, 3.05) is 0 Å². The lowest BCUT2D eigenvalue weighted by atomic mass is 10.0. The molecule has 2 nitrogen and oxygen atoms in total. The minimum atomic E-state index is -0.406. The predicted molar refractivity (Wildman–Crippen MR) is 94.4 cm³/mol. The highest BCUT2D eigenvalue weighted by Crippen LogP contribution is 2.32. The Labute approximate surface area is 145 Å². The number of benzene rings is 2. The fourth-order valence-corrected chi connectivity index (χ4v) is 2.93. The molecule has 0 radical (unpaired) electrons. The van der Waals surface area contributed by atoms with Crippen molar-refractivity contribution in [2.24, 2.45) is 0 Å². The second-order valence-electron chi connectivity index (χ2n) is 5.45. The van der Waals surface area contributed by atoms with Crippen LogP contribution in [0.1, 0.15) is 22.3 Å². The molecule has 0 saturated carbocycles. The van der Waals surface area contributed by atoms with Gasteiger partial charge in [0.25, 0.3) is 0 Å². The van der Waals surface area contributed by atoms with Crippen molar-refractivity contribution < 1.29 is 9.53 Å². The number of hydrogen-bond donors (Lipinski definition) is 0. The molecular weight excluding hydrogens is 331 g/mol. The molecule has 1 aliphatic heterocycles. The first-order valence-corrected chi connectivity index (χ1v) is 7.88. The molecule has 0 atom stereocenters. The van der Waals surface area contributed by atoms with Gasteiger partial charge < -0.3 is 4.74 Å². The quantitative estimate of drug-likeness (QED) is 0.524. The summed E-state index contributed by atoms with van der Waals surface area (Å²) in [4.78, 5) is 12.2. The Kier molecular flexibility index (Phi) is 4.29. The maximum Gasteiger partial charge on any atom is 0.343 e. The monoisotopic (exact) mass is 344 g/mol. The summed E-state index contributed by atoms with van der Waals surface area (Å²) < 4.78 is 5.42. The molecule has 1 aliphatic rings. The Morgan fingerprint density at radius 3 is 2.43 bits per heavy atom. The summed E-state index contributed by atoms with van der Waals surface area (Å²) in [5.74, 6) is 0.141. The summed E-state index contributed by atoms with van der Waals surface area (Å²) in [6.07, 6.45) is 3.38. The van der Waals surface area contributed by atoms with E-state index in [4.69, 9.17) is 27.9 Å². The largest absolute Gasteiger partial charge is 0.422 e. The Morgan fingerprint density at radius 1 is 1.04 bits per heavy atom. The van der Waals surface area contributed by atoms with Gasteiger partial charge in [0.05, 0.1) is 5.57 Å². The Morgan fingerprint density at radius 2 is 1.74 bits per heavy atom. The molecule has 4 heteroatoms. The SMILES string of the molecule is Cc1ccc(C)c(C2=C/C(=C\c3c(Cl)cccc3Cl)C(=O)O2)c1. The minimum Gasteiger partial charge on any atom is -0.422 e. The standard InChI is InChI=1S/C19H14Cl2O2/c1-11-6-7-12(2)14(8-11)18-10-13(19(22)23-18)9-15-16(20)4-3-5-17(15)21/h3-10H,1-2H3/b13-9+. The minimum absolute atomic E-state index is 0.406. The van der Waals surface area contributed by atoms with Crippen molar-refractivity contribution in [3.05, 3.63) is 80.3 Å². The molecule has 23 heavy (non-hydrogen) atoms. The molecule has 0 bridgehead atoms. The molecule has 0 spiro atoms. The van der Waals surface area contributed by atoms with Crippen molar-refractivity contribution in [2.45, 2.75) is 13.8 Å². The average Bonchev–Trinajstić information content (AvgIpc) is 2.86. The maximum atomic E-state index is 12.2. The molecule has 2 aromatic rings. The topological polar surface area (TPSA) is 26.3 Å². The van der Waals surface area contributed by atoms with Crippen LogP contribution in [-0.2, 0) is 9.53 Å². The number of halogens is 2. The third kappa shape index (κ3) is 3.19. The molecule has 0 aliphatic carbocycles. The highest BCUT2D eigenvalue weighted by molar-refractivity contribution is 6.37. The van der Waals surface area contributed by atoms with Crippen LogP contribution in [0.5, 0.6) is 0 Å². The van der Waals surface area contributed by atoms with Crippen molar-refractivity contribution in [1.82, 2.24) is 0 Å². The van der Waals surface area contributed by atoms with Crippen LogP contribution in [0.15, 0.2) is 48.0 Å². The molecular formula is C19H14Cl2O2. The van der Waals surface area contributed by atoms with Gasteiger partial charge >= 0.3 is 5.97 Å². The number of hydrogen-bond acceptors (Lipinski definition) is 2. The van der Waals surface area contributed by atoms with Gasteiger partial charge in [0.1, 0.15) is 5.76 Å². The van der Waals surface area contributed by atoms with E-state index < -0.39 is 5.97 Å². The fraction of sp³-hybridized carbons (Fsp3) is 0.105. The second-order valence-corrected chi connectivity index (χ2v) is 6.27. The Balaban J connectivity index is 2.05. The highest BCUT2D eigenvalue weighted by atomic mass is 35.5. The third-order valence-corrected chi connectivity index (χ3v) is 4.34. The van der Waals surface area contributed by atoms with Gasteiger partial charge in [0, 0.05) is 21.2 Å². The zero-order chi connectivity index (χ0) is 16.6. The summed E-state index contributed by atoms with van der Waals surface area (Å²) in [5.41, 5.74) is 4.10. The van der Waals surface area contributed by atoms with E-state index >= 15 is 0 Å². The van der Waals surface area contributed by atoms with E-state index in [1.165, 1.54) is 0 Å². The van der Waals surface area contributed by atoms with Gasteiger partial charge in [-0.15, -0.1) is 0 Å². The summed E-state index contributed by atoms with van der Waals surface area (Å²) in [7, 11) is 0. The van der Waals surface area contributed by atoms with Crippen LogP contribution in [-0.4, -0.2) is 5.97 Å². The predicted octanol–water partition coefficient (Wildman–Crippen LogP) is 5.59. The van der Waals surface area contributed by atoms with Gasteiger partial charge in [-0.25, -0.2) is 4.79 Å². The first kappa shape index (κ1) is 15.9. The van der Waals surface area contributed by atoms with Crippen LogP contribution in [0.4, 0.5) is 0 Å². The van der Waals surface area contributed by atoms with E-state index in [0.717, 1.165) is 16.7 Å². The molecule has 0 aromatic heterocycles. The summed E-state index contributed by atoms with van der Waals surface area (Å²) in [6.45, 7) is 3.98. The zero-order valence-electron chi connectivity index (χ0n) is 12.7. The molecule has 0 N–H and O–H groups in total. The number of aryl methyl sites for hydroxylation is 2. The van der Waals surface area contributed by atoms with Gasteiger partial charge in [0.2, 0.25) is 0 Å². The second kappa shape index (κ2) is 6.23. The molecule has 0 fully saturated rings. The first-order valence-electron chi connectivity index (χ1n) is 7.13. The lowest BCUT2D eigenvalue weighted by Gasteiger charge is -2.06. The summed E-state index contributed by atoms with van der Waals surface area (Å²) in [6, 6.07) is 11.3. The van der Waals surface area contributed by atoms with Gasteiger partial charge in [-0.2, -0.15) is 0 Å². The number of rotatable bonds is 2. The van der Waals surface area contributed by atoms with Crippen LogP contribution in [0.2, 0.25) is 10.0 Å². The average molecular weight is 345 g/mol. The fourth-order valence-electron chi connectivity index (χ4n) is 2.43. The summed E-state index contributed by atoms with van der Waals surface area (Å²) in [5, 5.41) is 0.984. The number of carbonyl (C=O) groups excluding carboxylic acids is 1. The molecule has 0 amide bonds. The third-order valence-electron chi connectivity index (χ3n) is 3.68. The molecule has 1 heterocycles. The van der Waals surface area contributed by atoms with Gasteiger partial charge in [-0.3, -0.25) is 0 Å². The smallest absolute Gasteiger partial charge is 0.343 e. The van der Waals surface area contributed by atoms with E-state index in [9.17, 15) is 4.79 Å². The van der Waals surface area contributed by atoms with E-state index in [2.05, 4.69) is 0 Å². The normalized spacial score (nSPS) is 15.7. The van der Waals surface area contributed by atoms with Crippen LogP contribution in [0.25, 0.3) is 11.8 Å². The Hall–Kier alpha value is -2.03. The van der Waals surface area contributed by atoms with E-state index in [-0.39, 0.29) is 0 Å². The number of esters is 1. The molecule has 0 saturated heterocycles.